The third-order valence-corrected chi connectivity index (χ3v) is 5.09. The fraction of sp³-hybridized carbons (Fsp3) is 0.450. The van der Waals surface area contributed by atoms with Crippen molar-refractivity contribution in [3.8, 4) is 5.69 Å². The summed E-state index contributed by atoms with van der Waals surface area (Å²) in [7, 11) is 0. The Morgan fingerprint density at radius 2 is 2.00 bits per heavy atom. The molecule has 1 N–H and O–H groups in total. The smallest absolute Gasteiger partial charge is 0.311 e. The molecule has 1 aromatic heterocycles. The van der Waals surface area contributed by atoms with E-state index in [0.717, 1.165) is 24.2 Å². The minimum atomic E-state index is -0.881. The summed E-state index contributed by atoms with van der Waals surface area (Å²) in [6, 6.07) is 9.75. The highest BCUT2D eigenvalue weighted by Gasteiger charge is 2.40. The summed E-state index contributed by atoms with van der Waals surface area (Å²) in [6.07, 6.45) is 4.54. The lowest BCUT2D eigenvalue weighted by molar-refractivity contribution is -0.150. The minimum absolute atomic E-state index is 0.122. The van der Waals surface area contributed by atoms with E-state index in [1.54, 1.807) is 18.0 Å². The van der Waals surface area contributed by atoms with Gasteiger partial charge >= 0.3 is 5.97 Å². The molecular formula is C20H25N3O3. The van der Waals surface area contributed by atoms with E-state index in [1.807, 2.05) is 35.0 Å². The molecule has 0 spiro atoms. The van der Waals surface area contributed by atoms with Crippen molar-refractivity contribution in [1.82, 2.24) is 14.7 Å². The van der Waals surface area contributed by atoms with Crippen LogP contribution in [0, 0.1) is 5.41 Å². The van der Waals surface area contributed by atoms with Gasteiger partial charge < -0.3 is 10.0 Å². The molecule has 0 aliphatic carbocycles. The molecule has 0 bridgehead atoms. The maximum atomic E-state index is 13.1. The molecule has 1 aliphatic rings. The van der Waals surface area contributed by atoms with Crippen LogP contribution in [-0.2, 0) is 11.2 Å². The first-order valence-corrected chi connectivity index (χ1v) is 9.11. The van der Waals surface area contributed by atoms with Crippen LogP contribution in [0.5, 0.6) is 0 Å². The summed E-state index contributed by atoms with van der Waals surface area (Å²) in [4.78, 5) is 26.4. The van der Waals surface area contributed by atoms with Gasteiger partial charge in [-0.15, -0.1) is 0 Å². The van der Waals surface area contributed by atoms with Crippen molar-refractivity contribution in [3.05, 3.63) is 47.8 Å². The van der Waals surface area contributed by atoms with Gasteiger partial charge in [0.1, 0.15) is 0 Å². The van der Waals surface area contributed by atoms with Crippen LogP contribution in [-0.4, -0.2) is 44.8 Å². The van der Waals surface area contributed by atoms with E-state index in [-0.39, 0.29) is 12.5 Å². The zero-order valence-corrected chi connectivity index (χ0v) is 15.3. The SMILES string of the molecule is CCCc1c(C(=O)N2CCCC(C)(C(=O)O)C2)cnn1-c1ccccc1. The Morgan fingerprint density at radius 3 is 2.65 bits per heavy atom. The van der Waals surface area contributed by atoms with Crippen LogP contribution in [0.2, 0.25) is 0 Å². The van der Waals surface area contributed by atoms with E-state index >= 15 is 0 Å². The summed E-state index contributed by atoms with van der Waals surface area (Å²) in [5.74, 6) is -0.966. The predicted octanol–water partition coefficient (Wildman–Crippen LogP) is 3.15. The maximum absolute atomic E-state index is 13.1. The van der Waals surface area contributed by atoms with Gasteiger partial charge in [0.2, 0.25) is 0 Å². The second-order valence-corrected chi connectivity index (χ2v) is 7.20. The number of nitrogens with zero attached hydrogens (tertiary/aromatic N) is 3. The second-order valence-electron chi connectivity index (χ2n) is 7.20. The van der Waals surface area contributed by atoms with E-state index in [9.17, 15) is 14.7 Å². The number of hydrogen-bond donors (Lipinski definition) is 1. The number of piperidine rings is 1. The first kappa shape index (κ1) is 18.2. The third kappa shape index (κ3) is 3.36. The monoisotopic (exact) mass is 355 g/mol. The number of benzene rings is 1. The lowest BCUT2D eigenvalue weighted by atomic mass is 9.82. The number of likely N-dealkylation sites (tertiary alicyclic amines) is 1. The van der Waals surface area contributed by atoms with Gasteiger partial charge in [-0.05, 0) is 38.3 Å². The standard InChI is InChI=1S/C20H25N3O3/c1-3-8-17-16(13-21-23(17)15-9-5-4-6-10-15)18(24)22-12-7-11-20(2,14-22)19(25)26/h4-6,9-10,13H,3,7-8,11-12,14H2,1-2H3,(H,25,26). The zero-order chi connectivity index (χ0) is 18.7. The van der Waals surface area contributed by atoms with Crippen molar-refractivity contribution >= 4 is 11.9 Å². The first-order valence-electron chi connectivity index (χ1n) is 9.11. The number of rotatable bonds is 5. The van der Waals surface area contributed by atoms with Gasteiger partial charge in [-0.2, -0.15) is 5.10 Å². The van der Waals surface area contributed by atoms with E-state index in [2.05, 4.69) is 12.0 Å². The van der Waals surface area contributed by atoms with Crippen molar-refractivity contribution in [2.24, 2.45) is 5.41 Å². The molecular weight excluding hydrogens is 330 g/mol. The quantitative estimate of drug-likeness (QED) is 0.894. The topological polar surface area (TPSA) is 75.4 Å². The van der Waals surface area contributed by atoms with Gasteiger partial charge in [0.25, 0.3) is 5.91 Å². The van der Waals surface area contributed by atoms with Crippen LogP contribution in [0.1, 0.15) is 49.2 Å². The molecule has 6 heteroatoms. The highest BCUT2D eigenvalue weighted by molar-refractivity contribution is 5.95. The normalized spacial score (nSPS) is 20.2. The van der Waals surface area contributed by atoms with Gasteiger partial charge in [-0.3, -0.25) is 9.59 Å². The van der Waals surface area contributed by atoms with Crippen LogP contribution in [0.3, 0.4) is 0 Å². The molecule has 0 radical (unpaired) electrons. The van der Waals surface area contributed by atoms with Gasteiger partial charge in [-0.1, -0.05) is 31.5 Å². The molecule has 1 saturated heterocycles. The summed E-state index contributed by atoms with van der Waals surface area (Å²) in [5.41, 5.74) is 1.49. The largest absolute Gasteiger partial charge is 0.481 e. The number of carbonyl (C=O) groups excluding carboxylic acids is 1. The van der Waals surface area contributed by atoms with Crippen molar-refractivity contribution in [1.29, 1.82) is 0 Å². The maximum Gasteiger partial charge on any atom is 0.311 e. The molecule has 1 unspecified atom stereocenters. The summed E-state index contributed by atoms with van der Waals surface area (Å²) in [5, 5.41) is 14.0. The summed E-state index contributed by atoms with van der Waals surface area (Å²) in [6.45, 7) is 4.61. The number of aliphatic carboxylic acids is 1. The van der Waals surface area contributed by atoms with E-state index in [1.165, 1.54) is 0 Å². The minimum Gasteiger partial charge on any atom is -0.481 e. The molecule has 1 atom stereocenters. The lowest BCUT2D eigenvalue weighted by Gasteiger charge is -2.37. The van der Waals surface area contributed by atoms with Crippen molar-refractivity contribution in [2.75, 3.05) is 13.1 Å². The Hall–Kier alpha value is -2.63. The average Bonchev–Trinajstić information content (AvgIpc) is 3.06. The second kappa shape index (κ2) is 7.32. The van der Waals surface area contributed by atoms with Gasteiger partial charge in [0, 0.05) is 13.1 Å². The Balaban J connectivity index is 1.92. The zero-order valence-electron chi connectivity index (χ0n) is 15.3. The van der Waals surface area contributed by atoms with Crippen LogP contribution >= 0.6 is 0 Å². The first-order chi connectivity index (χ1) is 12.5. The molecule has 3 rings (SSSR count). The number of carbonyl (C=O) groups is 2. The van der Waals surface area contributed by atoms with E-state index in [0.29, 0.717) is 24.9 Å². The Morgan fingerprint density at radius 1 is 1.27 bits per heavy atom. The number of carboxylic acid groups (broad SMARTS) is 1. The highest BCUT2D eigenvalue weighted by Crippen LogP contribution is 2.31. The molecule has 138 valence electrons. The molecule has 6 nitrogen and oxygen atoms in total. The Bertz CT molecular complexity index is 800. The third-order valence-electron chi connectivity index (χ3n) is 5.09. The van der Waals surface area contributed by atoms with Crippen LogP contribution in [0.4, 0.5) is 0 Å². The number of amides is 1. The number of carboxylic acids is 1. The molecule has 0 saturated carbocycles. The van der Waals surface area contributed by atoms with Crippen molar-refractivity contribution < 1.29 is 14.7 Å². The molecule has 1 amide bonds. The fourth-order valence-electron chi connectivity index (χ4n) is 3.58. The van der Waals surface area contributed by atoms with Crippen molar-refractivity contribution in [2.45, 2.75) is 39.5 Å². The van der Waals surface area contributed by atoms with Crippen molar-refractivity contribution in [3.63, 3.8) is 0 Å². The molecule has 1 fully saturated rings. The van der Waals surface area contributed by atoms with Crippen LogP contribution in [0.15, 0.2) is 36.5 Å². The number of hydrogen-bond acceptors (Lipinski definition) is 3. The highest BCUT2D eigenvalue weighted by atomic mass is 16.4. The molecule has 1 aliphatic heterocycles. The van der Waals surface area contributed by atoms with Crippen LogP contribution in [0.25, 0.3) is 5.69 Å². The average molecular weight is 355 g/mol. The fourth-order valence-corrected chi connectivity index (χ4v) is 3.58. The Kier molecular flexibility index (Phi) is 5.11. The van der Waals surface area contributed by atoms with Gasteiger partial charge in [-0.25, -0.2) is 4.68 Å². The molecule has 2 heterocycles. The van der Waals surface area contributed by atoms with Gasteiger partial charge in [0.05, 0.1) is 28.6 Å². The lowest BCUT2D eigenvalue weighted by Crippen LogP contribution is -2.48. The molecule has 26 heavy (non-hydrogen) atoms. The van der Waals surface area contributed by atoms with E-state index in [4.69, 9.17) is 0 Å². The van der Waals surface area contributed by atoms with E-state index < -0.39 is 11.4 Å². The summed E-state index contributed by atoms with van der Waals surface area (Å²) >= 11 is 0. The number of aromatic nitrogens is 2. The summed E-state index contributed by atoms with van der Waals surface area (Å²) < 4.78 is 1.82. The Labute approximate surface area is 153 Å². The molecule has 2 aromatic rings. The molecule has 1 aromatic carbocycles. The number of para-hydroxylation sites is 1. The van der Waals surface area contributed by atoms with Gasteiger partial charge in [0.15, 0.2) is 0 Å². The predicted molar refractivity (Wildman–Crippen MR) is 98.4 cm³/mol. The van der Waals surface area contributed by atoms with Crippen LogP contribution < -0.4 is 0 Å².